The van der Waals surface area contributed by atoms with Crippen molar-refractivity contribution in [2.45, 2.75) is 26.8 Å². The van der Waals surface area contributed by atoms with E-state index in [1.807, 2.05) is 0 Å². The fourth-order valence-corrected chi connectivity index (χ4v) is 1.20. The Labute approximate surface area is 95.6 Å². The third kappa shape index (κ3) is 4.02. The number of carbonyl (C=O) groups is 1. The number of rotatable bonds is 6. The minimum atomic E-state index is -0.364. The average Bonchev–Trinajstić information content (AvgIpc) is 2.66. The van der Waals surface area contributed by atoms with Crippen LogP contribution in [0.5, 0.6) is 0 Å². The highest BCUT2D eigenvalue weighted by atomic mass is 16.5. The Hall–Kier alpha value is -1.36. The first kappa shape index (κ1) is 12.7. The lowest BCUT2D eigenvalue weighted by atomic mass is 10.1. The van der Waals surface area contributed by atoms with Gasteiger partial charge in [-0.3, -0.25) is 0 Å². The molecule has 0 atom stereocenters. The SMILES string of the molecule is CC(C)CCOC(=O)c1cn(CCN)cn1. The van der Waals surface area contributed by atoms with E-state index < -0.39 is 0 Å². The van der Waals surface area contributed by atoms with Gasteiger partial charge in [0.2, 0.25) is 0 Å². The molecule has 0 saturated carbocycles. The van der Waals surface area contributed by atoms with E-state index in [1.54, 1.807) is 17.1 Å². The van der Waals surface area contributed by atoms with Gasteiger partial charge in [0.05, 0.1) is 12.9 Å². The van der Waals surface area contributed by atoms with Crippen molar-refractivity contribution in [1.29, 1.82) is 0 Å². The molecule has 5 nitrogen and oxygen atoms in total. The zero-order chi connectivity index (χ0) is 12.0. The smallest absolute Gasteiger partial charge is 0.358 e. The summed E-state index contributed by atoms with van der Waals surface area (Å²) < 4.78 is 6.86. The van der Waals surface area contributed by atoms with Gasteiger partial charge in [-0.15, -0.1) is 0 Å². The Bertz CT molecular complexity index is 334. The van der Waals surface area contributed by atoms with Gasteiger partial charge in [-0.2, -0.15) is 0 Å². The molecule has 0 aromatic carbocycles. The molecule has 90 valence electrons. The number of carbonyl (C=O) groups excluding carboxylic acids is 1. The van der Waals surface area contributed by atoms with Crippen LogP contribution >= 0.6 is 0 Å². The summed E-state index contributed by atoms with van der Waals surface area (Å²) in [6.45, 7) is 5.80. The highest BCUT2D eigenvalue weighted by Gasteiger charge is 2.10. The summed E-state index contributed by atoms with van der Waals surface area (Å²) in [5, 5.41) is 0. The van der Waals surface area contributed by atoms with Crippen LogP contribution in [0.2, 0.25) is 0 Å². The first-order valence-corrected chi connectivity index (χ1v) is 5.52. The second kappa shape index (κ2) is 6.27. The third-order valence-corrected chi connectivity index (χ3v) is 2.16. The fourth-order valence-electron chi connectivity index (χ4n) is 1.20. The number of imidazole rings is 1. The number of aromatic nitrogens is 2. The van der Waals surface area contributed by atoms with E-state index in [4.69, 9.17) is 10.5 Å². The Morgan fingerprint density at radius 2 is 2.38 bits per heavy atom. The van der Waals surface area contributed by atoms with Crippen LogP contribution in [0.15, 0.2) is 12.5 Å². The molecule has 2 N–H and O–H groups in total. The Morgan fingerprint density at radius 3 is 3.00 bits per heavy atom. The van der Waals surface area contributed by atoms with Crippen molar-refractivity contribution in [3.05, 3.63) is 18.2 Å². The van der Waals surface area contributed by atoms with Gasteiger partial charge in [-0.25, -0.2) is 9.78 Å². The summed E-state index contributed by atoms with van der Waals surface area (Å²) in [6, 6.07) is 0. The highest BCUT2D eigenvalue weighted by molar-refractivity contribution is 5.86. The van der Waals surface area contributed by atoms with E-state index in [0.717, 1.165) is 6.42 Å². The number of nitrogens with two attached hydrogens (primary N) is 1. The van der Waals surface area contributed by atoms with E-state index in [9.17, 15) is 4.79 Å². The lowest BCUT2D eigenvalue weighted by Crippen LogP contribution is -2.09. The standard InChI is InChI=1S/C11H19N3O2/c1-9(2)3-6-16-11(15)10-7-14(5-4-12)8-13-10/h7-9H,3-6,12H2,1-2H3. The van der Waals surface area contributed by atoms with Gasteiger partial charge in [0, 0.05) is 19.3 Å². The summed E-state index contributed by atoms with van der Waals surface area (Å²) in [5.74, 6) is 0.166. The minimum Gasteiger partial charge on any atom is -0.461 e. The molecular weight excluding hydrogens is 206 g/mol. The van der Waals surface area contributed by atoms with E-state index in [1.165, 1.54) is 0 Å². The molecule has 0 amide bonds. The summed E-state index contributed by atoms with van der Waals surface area (Å²) in [4.78, 5) is 15.5. The minimum absolute atomic E-state index is 0.345. The maximum atomic E-state index is 11.5. The first-order valence-electron chi connectivity index (χ1n) is 5.52. The second-order valence-corrected chi connectivity index (χ2v) is 4.10. The molecule has 1 aromatic rings. The van der Waals surface area contributed by atoms with E-state index in [-0.39, 0.29) is 5.97 Å². The Balaban J connectivity index is 2.40. The zero-order valence-corrected chi connectivity index (χ0v) is 9.85. The van der Waals surface area contributed by atoms with Crippen molar-refractivity contribution >= 4 is 5.97 Å². The summed E-state index contributed by atoms with van der Waals surface area (Å²) in [7, 11) is 0. The maximum Gasteiger partial charge on any atom is 0.358 e. The number of esters is 1. The van der Waals surface area contributed by atoms with Crippen molar-refractivity contribution in [2.24, 2.45) is 11.7 Å². The van der Waals surface area contributed by atoms with E-state index in [0.29, 0.717) is 31.3 Å². The van der Waals surface area contributed by atoms with Gasteiger partial charge in [0.15, 0.2) is 5.69 Å². The number of hydrogen-bond acceptors (Lipinski definition) is 4. The molecule has 0 radical (unpaired) electrons. The normalized spacial score (nSPS) is 10.8. The molecule has 1 heterocycles. The van der Waals surface area contributed by atoms with Gasteiger partial charge in [-0.05, 0) is 12.3 Å². The van der Waals surface area contributed by atoms with Crippen LogP contribution in [0, 0.1) is 5.92 Å². The van der Waals surface area contributed by atoms with Gasteiger partial charge in [0.1, 0.15) is 0 Å². The lowest BCUT2D eigenvalue weighted by molar-refractivity contribution is 0.0481. The lowest BCUT2D eigenvalue weighted by Gasteiger charge is -2.04. The van der Waals surface area contributed by atoms with Gasteiger partial charge < -0.3 is 15.0 Å². The van der Waals surface area contributed by atoms with Crippen molar-refractivity contribution in [2.75, 3.05) is 13.2 Å². The van der Waals surface area contributed by atoms with Crippen LogP contribution in [-0.2, 0) is 11.3 Å². The molecule has 0 fully saturated rings. The van der Waals surface area contributed by atoms with Crippen LogP contribution < -0.4 is 5.73 Å². The Morgan fingerprint density at radius 1 is 1.62 bits per heavy atom. The monoisotopic (exact) mass is 225 g/mol. The maximum absolute atomic E-state index is 11.5. The number of ether oxygens (including phenoxy) is 1. The van der Waals surface area contributed by atoms with Crippen molar-refractivity contribution in [3.8, 4) is 0 Å². The number of nitrogens with zero attached hydrogens (tertiary/aromatic N) is 2. The van der Waals surface area contributed by atoms with Gasteiger partial charge in [-0.1, -0.05) is 13.8 Å². The highest BCUT2D eigenvalue weighted by Crippen LogP contribution is 2.03. The summed E-state index contributed by atoms with van der Waals surface area (Å²) >= 11 is 0. The molecule has 0 aliphatic rings. The van der Waals surface area contributed by atoms with Crippen LogP contribution in [0.3, 0.4) is 0 Å². The molecular formula is C11H19N3O2. The Kier molecular flexibility index (Phi) is 4.98. The molecule has 0 aliphatic carbocycles. The quantitative estimate of drug-likeness (QED) is 0.734. The second-order valence-electron chi connectivity index (χ2n) is 4.10. The predicted molar refractivity (Wildman–Crippen MR) is 61.0 cm³/mol. The molecule has 1 aromatic heterocycles. The average molecular weight is 225 g/mol. The molecule has 16 heavy (non-hydrogen) atoms. The molecule has 1 rings (SSSR count). The molecule has 5 heteroatoms. The van der Waals surface area contributed by atoms with Crippen LogP contribution in [0.25, 0.3) is 0 Å². The van der Waals surface area contributed by atoms with Crippen LogP contribution in [0.4, 0.5) is 0 Å². The number of hydrogen-bond donors (Lipinski definition) is 1. The first-order chi connectivity index (χ1) is 7.63. The summed E-state index contributed by atoms with van der Waals surface area (Å²) in [6.07, 6.45) is 4.12. The van der Waals surface area contributed by atoms with Crippen molar-refractivity contribution < 1.29 is 9.53 Å². The fraction of sp³-hybridized carbons (Fsp3) is 0.636. The predicted octanol–water partition coefficient (Wildman–Crippen LogP) is 1.04. The largest absolute Gasteiger partial charge is 0.461 e. The van der Waals surface area contributed by atoms with Crippen molar-refractivity contribution in [1.82, 2.24) is 9.55 Å². The van der Waals surface area contributed by atoms with E-state index >= 15 is 0 Å². The molecule has 0 unspecified atom stereocenters. The van der Waals surface area contributed by atoms with Crippen molar-refractivity contribution in [3.63, 3.8) is 0 Å². The summed E-state index contributed by atoms with van der Waals surface area (Å²) in [5.41, 5.74) is 5.74. The van der Waals surface area contributed by atoms with Gasteiger partial charge in [0.25, 0.3) is 0 Å². The molecule has 0 spiro atoms. The molecule has 0 bridgehead atoms. The molecule has 0 saturated heterocycles. The van der Waals surface area contributed by atoms with Crippen LogP contribution in [-0.4, -0.2) is 28.7 Å². The molecule has 0 aliphatic heterocycles. The van der Waals surface area contributed by atoms with E-state index in [2.05, 4.69) is 18.8 Å². The third-order valence-electron chi connectivity index (χ3n) is 2.16. The van der Waals surface area contributed by atoms with Gasteiger partial charge >= 0.3 is 5.97 Å². The topological polar surface area (TPSA) is 70.1 Å². The van der Waals surface area contributed by atoms with Crippen LogP contribution in [0.1, 0.15) is 30.8 Å². The zero-order valence-electron chi connectivity index (χ0n) is 9.85.